The number of nitrogens with zero attached hydrogens (tertiary/aromatic N) is 1. The van der Waals surface area contributed by atoms with E-state index in [2.05, 4.69) is 0 Å². The summed E-state index contributed by atoms with van der Waals surface area (Å²) >= 11 is 1.55. The van der Waals surface area contributed by atoms with Crippen LogP contribution in [-0.4, -0.2) is 18.3 Å². The number of anilines is 1. The number of allylic oxidation sites excluding steroid dienone is 1. The zero-order valence-corrected chi connectivity index (χ0v) is 11.9. The first kappa shape index (κ1) is 13.7. The van der Waals surface area contributed by atoms with Crippen LogP contribution < -0.4 is 9.64 Å². The number of carbonyl (C=O) groups excluding carboxylic acids is 2. The molecule has 0 amide bonds. The van der Waals surface area contributed by atoms with Gasteiger partial charge in [0.1, 0.15) is 5.75 Å². The van der Waals surface area contributed by atoms with Gasteiger partial charge in [0.05, 0.1) is 10.7 Å². The van der Waals surface area contributed by atoms with Gasteiger partial charge in [-0.3, -0.25) is 9.59 Å². The fourth-order valence-electron chi connectivity index (χ4n) is 1.92. The molecule has 1 aromatic carbocycles. The lowest BCUT2D eigenvalue weighted by molar-refractivity contribution is -0.131. The predicted molar refractivity (Wildman–Crippen MR) is 75.4 cm³/mol. The van der Waals surface area contributed by atoms with Crippen molar-refractivity contribution in [3.8, 4) is 5.75 Å². The Hall–Kier alpha value is -1.75. The molecule has 19 heavy (non-hydrogen) atoms. The van der Waals surface area contributed by atoms with Gasteiger partial charge in [-0.15, -0.1) is 0 Å². The highest BCUT2D eigenvalue weighted by molar-refractivity contribution is 8.03. The summed E-state index contributed by atoms with van der Waals surface area (Å²) < 4.78 is 5.09. The maximum atomic E-state index is 11.2. The summed E-state index contributed by atoms with van der Waals surface area (Å²) in [5.74, 6) is 0.205. The van der Waals surface area contributed by atoms with E-state index in [1.54, 1.807) is 23.9 Å². The van der Waals surface area contributed by atoms with E-state index in [4.69, 9.17) is 4.74 Å². The van der Waals surface area contributed by atoms with E-state index in [0.29, 0.717) is 5.75 Å². The van der Waals surface area contributed by atoms with Crippen molar-refractivity contribution >= 4 is 29.2 Å². The van der Waals surface area contributed by atoms with E-state index < -0.39 is 0 Å². The van der Waals surface area contributed by atoms with Gasteiger partial charge >= 0.3 is 5.97 Å². The molecule has 0 saturated heterocycles. The van der Waals surface area contributed by atoms with Crippen molar-refractivity contribution in [1.82, 2.24) is 0 Å². The van der Waals surface area contributed by atoms with Gasteiger partial charge in [0.15, 0.2) is 5.78 Å². The number of benzene rings is 1. The molecular weight excluding hydrogens is 262 g/mol. The van der Waals surface area contributed by atoms with Crippen LogP contribution in [0.1, 0.15) is 20.8 Å². The third-order valence-electron chi connectivity index (χ3n) is 2.61. The van der Waals surface area contributed by atoms with Crippen LogP contribution >= 0.6 is 11.8 Å². The minimum Gasteiger partial charge on any atom is -0.427 e. The van der Waals surface area contributed by atoms with Crippen LogP contribution in [0, 0.1) is 0 Å². The molecule has 5 heteroatoms. The second-order valence-corrected chi connectivity index (χ2v) is 5.22. The normalized spacial score (nSPS) is 15.5. The van der Waals surface area contributed by atoms with E-state index in [0.717, 1.165) is 22.2 Å². The quantitative estimate of drug-likeness (QED) is 0.483. The molecule has 0 saturated carbocycles. The third kappa shape index (κ3) is 2.98. The summed E-state index contributed by atoms with van der Waals surface area (Å²) in [7, 11) is 0. The molecule has 1 aliphatic heterocycles. The molecule has 1 aromatic rings. The topological polar surface area (TPSA) is 46.6 Å². The van der Waals surface area contributed by atoms with E-state index >= 15 is 0 Å². The van der Waals surface area contributed by atoms with Crippen molar-refractivity contribution in [3.63, 3.8) is 0 Å². The van der Waals surface area contributed by atoms with Crippen molar-refractivity contribution in [1.29, 1.82) is 0 Å². The highest BCUT2D eigenvalue weighted by Crippen LogP contribution is 2.47. The molecule has 0 bridgehead atoms. The summed E-state index contributed by atoms with van der Waals surface area (Å²) in [5.41, 5.74) is 0.971. The van der Waals surface area contributed by atoms with Crippen molar-refractivity contribution in [2.75, 3.05) is 11.4 Å². The summed E-state index contributed by atoms with van der Waals surface area (Å²) in [4.78, 5) is 25.3. The van der Waals surface area contributed by atoms with Crippen LogP contribution in [0.5, 0.6) is 5.75 Å². The molecule has 0 spiro atoms. The Bertz CT molecular complexity index is 566. The lowest BCUT2D eigenvalue weighted by Crippen LogP contribution is -2.17. The fourth-order valence-corrected chi connectivity index (χ4v) is 3.12. The Morgan fingerprint density at radius 2 is 2.11 bits per heavy atom. The van der Waals surface area contributed by atoms with Crippen LogP contribution in [-0.2, 0) is 9.59 Å². The number of fused-ring (bicyclic) bond motifs is 1. The van der Waals surface area contributed by atoms with Crippen LogP contribution in [0.15, 0.2) is 34.2 Å². The lowest BCUT2D eigenvalue weighted by atomic mass is 10.2. The van der Waals surface area contributed by atoms with Gasteiger partial charge in [0.25, 0.3) is 0 Å². The number of esters is 1. The zero-order chi connectivity index (χ0) is 14.0. The van der Waals surface area contributed by atoms with Crippen molar-refractivity contribution in [2.45, 2.75) is 25.7 Å². The van der Waals surface area contributed by atoms with Gasteiger partial charge in [0, 0.05) is 30.5 Å². The van der Waals surface area contributed by atoms with Crippen LogP contribution in [0.25, 0.3) is 0 Å². The number of rotatable bonds is 3. The molecule has 0 radical (unpaired) electrons. The van der Waals surface area contributed by atoms with Crippen molar-refractivity contribution in [2.24, 2.45) is 0 Å². The molecule has 1 heterocycles. The average molecular weight is 277 g/mol. The Kier molecular flexibility index (Phi) is 3.95. The Balaban J connectivity index is 2.37. The first-order valence-corrected chi connectivity index (χ1v) is 6.83. The maximum absolute atomic E-state index is 11.2. The number of hydrogen-bond acceptors (Lipinski definition) is 5. The minimum atomic E-state index is -0.340. The van der Waals surface area contributed by atoms with Gasteiger partial charge < -0.3 is 9.64 Å². The molecule has 0 fully saturated rings. The molecule has 0 N–H and O–H groups in total. The molecule has 0 aliphatic carbocycles. The van der Waals surface area contributed by atoms with Crippen molar-refractivity contribution < 1.29 is 14.3 Å². The number of carbonyl (C=O) groups is 2. The zero-order valence-electron chi connectivity index (χ0n) is 11.1. The fraction of sp³-hybridized carbons (Fsp3) is 0.286. The first-order chi connectivity index (χ1) is 9.01. The predicted octanol–water partition coefficient (Wildman–Crippen LogP) is 2.97. The second-order valence-electron chi connectivity index (χ2n) is 4.16. The SMILES string of the molecule is CCN1/C(=C/C(C)=O)Sc2ccc(OC(C)=O)cc21. The summed E-state index contributed by atoms with van der Waals surface area (Å²) in [5, 5.41) is 0.907. The molecule has 100 valence electrons. The molecule has 2 rings (SSSR count). The van der Waals surface area contributed by atoms with E-state index in [1.165, 1.54) is 13.8 Å². The monoisotopic (exact) mass is 277 g/mol. The van der Waals surface area contributed by atoms with E-state index in [9.17, 15) is 9.59 Å². The Labute approximate surface area is 116 Å². The molecule has 1 aliphatic rings. The number of thioether (sulfide) groups is 1. The van der Waals surface area contributed by atoms with Gasteiger partial charge in [-0.2, -0.15) is 0 Å². The van der Waals surface area contributed by atoms with Gasteiger partial charge in [-0.05, 0) is 26.0 Å². The molecule has 0 aromatic heterocycles. The van der Waals surface area contributed by atoms with Gasteiger partial charge in [-0.1, -0.05) is 11.8 Å². The standard InChI is InChI=1S/C14H15NO3S/c1-4-15-12-8-11(18-10(3)17)5-6-13(12)19-14(15)7-9(2)16/h5-8H,4H2,1-3H3/b14-7-. The average Bonchev–Trinajstić information content (AvgIpc) is 2.63. The second kappa shape index (κ2) is 5.48. The summed E-state index contributed by atoms with van der Waals surface area (Å²) in [6, 6.07) is 5.49. The van der Waals surface area contributed by atoms with Gasteiger partial charge in [0.2, 0.25) is 0 Å². The largest absolute Gasteiger partial charge is 0.427 e. The van der Waals surface area contributed by atoms with E-state index in [-0.39, 0.29) is 11.8 Å². The van der Waals surface area contributed by atoms with Crippen LogP contribution in [0.3, 0.4) is 0 Å². The molecule has 0 atom stereocenters. The molecule has 4 nitrogen and oxygen atoms in total. The third-order valence-corrected chi connectivity index (χ3v) is 3.72. The van der Waals surface area contributed by atoms with Crippen molar-refractivity contribution in [3.05, 3.63) is 29.3 Å². The number of hydrogen-bond donors (Lipinski definition) is 0. The highest BCUT2D eigenvalue weighted by Gasteiger charge is 2.24. The smallest absolute Gasteiger partial charge is 0.308 e. The molecule has 0 unspecified atom stereocenters. The van der Waals surface area contributed by atoms with Gasteiger partial charge in [-0.25, -0.2) is 0 Å². The van der Waals surface area contributed by atoms with E-state index in [1.807, 2.05) is 24.0 Å². The Morgan fingerprint density at radius 3 is 2.68 bits per heavy atom. The lowest BCUT2D eigenvalue weighted by Gasteiger charge is -2.18. The maximum Gasteiger partial charge on any atom is 0.308 e. The highest BCUT2D eigenvalue weighted by atomic mass is 32.2. The number of ketones is 1. The Morgan fingerprint density at radius 1 is 1.37 bits per heavy atom. The minimum absolute atomic E-state index is 0.0222. The van der Waals surface area contributed by atoms with Crippen LogP contribution in [0.2, 0.25) is 0 Å². The summed E-state index contributed by atoms with van der Waals surface area (Å²) in [6.45, 7) is 5.68. The molecular formula is C14H15NO3S. The number of ether oxygens (including phenoxy) is 1. The summed E-state index contributed by atoms with van der Waals surface area (Å²) in [6.07, 6.45) is 1.62. The van der Waals surface area contributed by atoms with Crippen LogP contribution in [0.4, 0.5) is 5.69 Å². The first-order valence-electron chi connectivity index (χ1n) is 6.01.